The number of phenolic OH excluding ortho intramolecular Hbond substituents is 1. The molecule has 1 rings (SSSR count). The van der Waals surface area contributed by atoms with Gasteiger partial charge < -0.3 is 9.94 Å². The Labute approximate surface area is 91.6 Å². The molecule has 0 aliphatic rings. The Balaban J connectivity index is 0.00000121. The van der Waals surface area contributed by atoms with E-state index in [1.807, 2.05) is 0 Å². The van der Waals surface area contributed by atoms with Crippen molar-refractivity contribution in [2.24, 2.45) is 5.90 Å². The molecule has 5 heteroatoms. The van der Waals surface area contributed by atoms with E-state index in [0.29, 0.717) is 0 Å². The van der Waals surface area contributed by atoms with Crippen molar-refractivity contribution in [3.05, 3.63) is 29.8 Å². The van der Waals surface area contributed by atoms with Crippen molar-refractivity contribution in [3.63, 3.8) is 0 Å². The maximum atomic E-state index is 10.7. The van der Waals surface area contributed by atoms with E-state index in [4.69, 9.17) is 5.11 Å². The SMILES string of the molecule is NOC(=O)c1ccccc1O.[Na+]. The molecule has 0 radical (unpaired) electrons. The maximum Gasteiger partial charge on any atom is 1.00 e. The molecule has 3 N–H and O–H groups in total. The second kappa shape index (κ2) is 5.16. The number of hydrogen-bond acceptors (Lipinski definition) is 4. The Hall–Kier alpha value is -0.550. The Bertz CT molecular complexity index is 277. The summed E-state index contributed by atoms with van der Waals surface area (Å²) in [6.45, 7) is 0. The van der Waals surface area contributed by atoms with Crippen molar-refractivity contribution in [2.45, 2.75) is 0 Å². The molecule has 0 saturated carbocycles. The third-order valence-electron chi connectivity index (χ3n) is 1.23. The molecule has 0 fully saturated rings. The van der Waals surface area contributed by atoms with Gasteiger partial charge in [-0.05, 0) is 12.1 Å². The van der Waals surface area contributed by atoms with Gasteiger partial charge in [-0.1, -0.05) is 12.1 Å². The van der Waals surface area contributed by atoms with Crippen LogP contribution in [0.15, 0.2) is 24.3 Å². The van der Waals surface area contributed by atoms with Crippen LogP contribution in [-0.4, -0.2) is 11.1 Å². The van der Waals surface area contributed by atoms with Gasteiger partial charge in [-0.15, -0.1) is 0 Å². The fourth-order valence-corrected chi connectivity index (χ4v) is 0.710. The number of nitrogens with two attached hydrogens (primary N) is 1. The second-order valence-electron chi connectivity index (χ2n) is 1.92. The number of phenols is 1. The zero-order chi connectivity index (χ0) is 8.27. The van der Waals surface area contributed by atoms with Gasteiger partial charge in [-0.25, -0.2) is 4.79 Å². The summed E-state index contributed by atoms with van der Waals surface area (Å²) < 4.78 is 0. The third kappa shape index (κ3) is 2.49. The van der Waals surface area contributed by atoms with E-state index in [2.05, 4.69) is 10.7 Å². The minimum Gasteiger partial charge on any atom is -0.507 e. The number of para-hydroxylation sites is 1. The first kappa shape index (κ1) is 11.4. The normalized spacial score (nSPS) is 8.42. The van der Waals surface area contributed by atoms with E-state index in [-0.39, 0.29) is 40.9 Å². The molecular weight excluding hydrogens is 169 g/mol. The van der Waals surface area contributed by atoms with E-state index in [1.54, 1.807) is 12.1 Å². The molecule has 0 heterocycles. The van der Waals surface area contributed by atoms with Gasteiger partial charge >= 0.3 is 35.5 Å². The van der Waals surface area contributed by atoms with E-state index in [1.165, 1.54) is 12.1 Å². The molecule has 1 aromatic carbocycles. The van der Waals surface area contributed by atoms with Gasteiger partial charge in [-0.2, -0.15) is 5.90 Å². The summed E-state index contributed by atoms with van der Waals surface area (Å²) in [5, 5.41) is 9.06. The number of aromatic hydroxyl groups is 1. The van der Waals surface area contributed by atoms with Gasteiger partial charge in [0, 0.05) is 0 Å². The van der Waals surface area contributed by atoms with Crippen LogP contribution in [0.2, 0.25) is 0 Å². The van der Waals surface area contributed by atoms with Crippen molar-refractivity contribution in [3.8, 4) is 5.75 Å². The smallest absolute Gasteiger partial charge is 0.507 e. The van der Waals surface area contributed by atoms with Crippen LogP contribution in [0.1, 0.15) is 10.4 Å². The molecule has 0 atom stereocenters. The molecule has 0 aromatic heterocycles. The Morgan fingerprint density at radius 3 is 2.50 bits per heavy atom. The van der Waals surface area contributed by atoms with Crippen molar-refractivity contribution < 1.29 is 44.3 Å². The predicted molar refractivity (Wildman–Crippen MR) is 37.7 cm³/mol. The molecule has 0 unspecified atom stereocenters. The molecule has 0 aliphatic carbocycles. The molecular formula is C7H7NNaO3+. The van der Waals surface area contributed by atoms with Gasteiger partial charge in [0.05, 0.1) is 0 Å². The topological polar surface area (TPSA) is 72.5 Å². The summed E-state index contributed by atoms with van der Waals surface area (Å²) >= 11 is 0. The van der Waals surface area contributed by atoms with E-state index >= 15 is 0 Å². The largest absolute Gasteiger partial charge is 1.00 e. The number of benzene rings is 1. The summed E-state index contributed by atoms with van der Waals surface area (Å²) in [5.74, 6) is 3.73. The van der Waals surface area contributed by atoms with Crippen LogP contribution in [0.25, 0.3) is 0 Å². The maximum absolute atomic E-state index is 10.7. The summed E-state index contributed by atoms with van der Waals surface area (Å²) in [7, 11) is 0. The van der Waals surface area contributed by atoms with Crippen LogP contribution >= 0.6 is 0 Å². The van der Waals surface area contributed by atoms with Crippen molar-refractivity contribution in [1.29, 1.82) is 0 Å². The second-order valence-corrected chi connectivity index (χ2v) is 1.92. The fourth-order valence-electron chi connectivity index (χ4n) is 0.710. The average Bonchev–Trinajstić information content (AvgIpc) is 2.04. The Morgan fingerprint density at radius 1 is 1.42 bits per heavy atom. The zero-order valence-electron chi connectivity index (χ0n) is 6.65. The molecule has 0 saturated heterocycles. The standard InChI is InChI=1S/C7H7NO3.Na/c8-11-7(10)5-3-1-2-4-6(5)9;/h1-4,9H,8H2;/q;+1. The minimum absolute atomic E-state index is 0. The van der Waals surface area contributed by atoms with E-state index in [0.717, 1.165) is 0 Å². The zero-order valence-corrected chi connectivity index (χ0v) is 8.65. The monoisotopic (exact) mass is 176 g/mol. The number of rotatable bonds is 1. The van der Waals surface area contributed by atoms with Crippen molar-refractivity contribution in [1.82, 2.24) is 0 Å². The van der Waals surface area contributed by atoms with Crippen LogP contribution in [0.4, 0.5) is 0 Å². The molecule has 0 bridgehead atoms. The van der Waals surface area contributed by atoms with Gasteiger partial charge in [0.15, 0.2) is 0 Å². The molecule has 1 aromatic rings. The summed E-state index contributed by atoms with van der Waals surface area (Å²) in [6.07, 6.45) is 0. The van der Waals surface area contributed by atoms with E-state index in [9.17, 15) is 4.79 Å². The van der Waals surface area contributed by atoms with Crippen LogP contribution < -0.4 is 35.5 Å². The van der Waals surface area contributed by atoms with Gasteiger partial charge in [0.2, 0.25) is 0 Å². The summed E-state index contributed by atoms with van der Waals surface area (Å²) in [4.78, 5) is 14.6. The molecule has 12 heavy (non-hydrogen) atoms. The van der Waals surface area contributed by atoms with Crippen LogP contribution in [0.5, 0.6) is 5.75 Å². The van der Waals surface area contributed by atoms with Crippen LogP contribution in [0.3, 0.4) is 0 Å². The van der Waals surface area contributed by atoms with Crippen molar-refractivity contribution in [2.75, 3.05) is 0 Å². The third-order valence-corrected chi connectivity index (χ3v) is 1.23. The molecule has 0 amide bonds. The summed E-state index contributed by atoms with van der Waals surface area (Å²) in [6, 6.07) is 6.01. The van der Waals surface area contributed by atoms with Crippen LogP contribution in [0, 0.1) is 0 Å². The Morgan fingerprint density at radius 2 is 2.00 bits per heavy atom. The average molecular weight is 176 g/mol. The minimum atomic E-state index is -0.747. The number of carbonyl (C=O) groups is 1. The molecule has 58 valence electrons. The van der Waals surface area contributed by atoms with E-state index < -0.39 is 5.97 Å². The first-order valence-corrected chi connectivity index (χ1v) is 2.94. The van der Waals surface area contributed by atoms with Crippen LogP contribution in [-0.2, 0) is 4.84 Å². The fraction of sp³-hybridized carbons (Fsp3) is 0. The van der Waals surface area contributed by atoms with Crippen molar-refractivity contribution >= 4 is 5.97 Å². The summed E-state index contributed by atoms with van der Waals surface area (Å²) in [5.41, 5.74) is 0.0648. The molecule has 4 nitrogen and oxygen atoms in total. The molecule has 0 aliphatic heterocycles. The Kier molecular flexibility index (Phi) is 4.92. The van der Waals surface area contributed by atoms with Gasteiger partial charge in [0.1, 0.15) is 11.3 Å². The van der Waals surface area contributed by atoms with Gasteiger partial charge in [0.25, 0.3) is 0 Å². The predicted octanol–water partition coefficient (Wildman–Crippen LogP) is -2.57. The first-order chi connectivity index (χ1) is 5.25. The molecule has 0 spiro atoms. The van der Waals surface area contributed by atoms with Gasteiger partial charge in [-0.3, -0.25) is 0 Å². The quantitative estimate of drug-likeness (QED) is 0.364. The first-order valence-electron chi connectivity index (χ1n) is 2.94. The number of carbonyl (C=O) groups excluding carboxylic acids is 1. The number of hydrogen-bond donors (Lipinski definition) is 2.